The Morgan fingerprint density at radius 2 is 2.40 bits per heavy atom. The molecule has 5 heteroatoms. The summed E-state index contributed by atoms with van der Waals surface area (Å²) in [5.41, 5.74) is -0.377. The van der Waals surface area contributed by atoms with Crippen molar-refractivity contribution in [3.05, 3.63) is 0 Å². The summed E-state index contributed by atoms with van der Waals surface area (Å²) in [6.45, 7) is 2.88. The number of hydrazine groups is 1. The minimum absolute atomic E-state index is 0.0451. The van der Waals surface area contributed by atoms with Crippen molar-refractivity contribution in [2.24, 2.45) is 0 Å². The number of nitrogens with zero attached hydrogens (tertiary/aromatic N) is 2. The van der Waals surface area contributed by atoms with Crippen LogP contribution in [0.5, 0.6) is 0 Å². The molecule has 0 bridgehead atoms. The Kier molecular flexibility index (Phi) is 1.23. The summed E-state index contributed by atoms with van der Waals surface area (Å²) in [7, 11) is 0. The van der Waals surface area contributed by atoms with Crippen molar-refractivity contribution in [3.63, 3.8) is 0 Å². The van der Waals surface area contributed by atoms with Crippen molar-refractivity contribution in [1.29, 1.82) is 0 Å². The molecule has 5 nitrogen and oxygen atoms in total. The van der Waals surface area contributed by atoms with Crippen LogP contribution in [-0.2, 0) is 9.68 Å². The maximum Gasteiger partial charge on any atom is 0.164 e. The summed E-state index contributed by atoms with van der Waals surface area (Å²) in [6.07, 6.45) is 0. The van der Waals surface area contributed by atoms with Crippen molar-refractivity contribution in [1.82, 2.24) is 10.3 Å². The number of aliphatic hydroxyl groups is 1. The van der Waals surface area contributed by atoms with Crippen LogP contribution < -0.4 is 0 Å². The normalized spacial score (nSPS) is 41.4. The third-order valence-corrected chi connectivity index (χ3v) is 1.82. The van der Waals surface area contributed by atoms with Crippen LogP contribution in [0.15, 0.2) is 0 Å². The molecule has 0 amide bonds. The van der Waals surface area contributed by atoms with Gasteiger partial charge in [-0.25, -0.2) is 0 Å². The molecule has 0 aliphatic carbocycles. The fraction of sp³-hybridized carbons (Fsp3) is 1.00. The van der Waals surface area contributed by atoms with E-state index in [1.54, 1.807) is 10.3 Å². The second-order valence-corrected chi connectivity index (χ2v) is 2.81. The molecular weight excluding hydrogens is 136 g/mol. The van der Waals surface area contributed by atoms with Gasteiger partial charge in [-0.1, -0.05) is 10.3 Å². The van der Waals surface area contributed by atoms with E-state index in [0.717, 1.165) is 0 Å². The molecular formula is C5H10N2O3. The van der Waals surface area contributed by atoms with Crippen molar-refractivity contribution in [2.45, 2.75) is 12.5 Å². The summed E-state index contributed by atoms with van der Waals surface area (Å²) in [6, 6.07) is 0. The van der Waals surface area contributed by atoms with Crippen LogP contribution in [0.3, 0.4) is 0 Å². The minimum atomic E-state index is -0.377. The van der Waals surface area contributed by atoms with Gasteiger partial charge in [0.25, 0.3) is 0 Å². The fourth-order valence-electron chi connectivity index (χ4n) is 1.05. The smallest absolute Gasteiger partial charge is 0.164 e. The first-order valence-corrected chi connectivity index (χ1v) is 3.21. The SMILES string of the molecule is CC1(CO)CON2CON21. The van der Waals surface area contributed by atoms with E-state index >= 15 is 0 Å². The van der Waals surface area contributed by atoms with Gasteiger partial charge in [-0.15, -0.1) is 0 Å². The molecule has 2 rings (SSSR count). The molecule has 0 saturated carbocycles. The highest BCUT2D eigenvalue weighted by atomic mass is 16.9. The molecule has 0 aromatic carbocycles. The Morgan fingerprint density at radius 1 is 1.60 bits per heavy atom. The molecule has 2 saturated heterocycles. The van der Waals surface area contributed by atoms with Gasteiger partial charge in [0.15, 0.2) is 6.73 Å². The maximum atomic E-state index is 8.92. The minimum Gasteiger partial charge on any atom is -0.394 e. The van der Waals surface area contributed by atoms with Crippen molar-refractivity contribution >= 4 is 0 Å². The van der Waals surface area contributed by atoms with Gasteiger partial charge in [0.05, 0.1) is 13.2 Å². The van der Waals surface area contributed by atoms with E-state index in [4.69, 9.17) is 14.8 Å². The van der Waals surface area contributed by atoms with Crippen LogP contribution in [0.25, 0.3) is 0 Å². The monoisotopic (exact) mass is 146 g/mol. The first-order valence-electron chi connectivity index (χ1n) is 3.21. The molecule has 2 heterocycles. The molecule has 58 valence electrons. The van der Waals surface area contributed by atoms with E-state index in [-0.39, 0.29) is 12.1 Å². The Balaban J connectivity index is 2.10. The molecule has 0 radical (unpaired) electrons. The summed E-state index contributed by atoms with van der Waals surface area (Å²) in [5, 5.41) is 12.1. The van der Waals surface area contributed by atoms with E-state index in [0.29, 0.717) is 13.3 Å². The first kappa shape index (κ1) is 6.51. The molecule has 0 spiro atoms. The van der Waals surface area contributed by atoms with E-state index in [2.05, 4.69) is 0 Å². The van der Waals surface area contributed by atoms with E-state index in [1.165, 1.54) is 0 Å². The molecule has 2 aliphatic heterocycles. The van der Waals surface area contributed by atoms with Crippen molar-refractivity contribution in [2.75, 3.05) is 19.9 Å². The van der Waals surface area contributed by atoms with E-state index in [1.807, 2.05) is 6.92 Å². The lowest BCUT2D eigenvalue weighted by Gasteiger charge is -2.40. The number of fused-ring (bicyclic) bond motifs is 1. The quantitative estimate of drug-likeness (QED) is 0.519. The van der Waals surface area contributed by atoms with Gasteiger partial charge in [-0.2, -0.15) is 0 Å². The van der Waals surface area contributed by atoms with E-state index in [9.17, 15) is 0 Å². The summed E-state index contributed by atoms with van der Waals surface area (Å²) in [5.74, 6) is 0. The van der Waals surface area contributed by atoms with Crippen LogP contribution in [0, 0.1) is 0 Å². The van der Waals surface area contributed by atoms with Gasteiger partial charge in [0.1, 0.15) is 5.54 Å². The van der Waals surface area contributed by atoms with Gasteiger partial charge < -0.3 is 5.11 Å². The molecule has 1 unspecified atom stereocenters. The van der Waals surface area contributed by atoms with Crippen LogP contribution in [0.1, 0.15) is 6.92 Å². The molecule has 10 heavy (non-hydrogen) atoms. The third-order valence-electron chi connectivity index (χ3n) is 1.82. The number of rotatable bonds is 1. The zero-order valence-electron chi connectivity index (χ0n) is 5.78. The lowest BCUT2D eigenvalue weighted by Crippen LogP contribution is -2.59. The zero-order chi connectivity index (χ0) is 7.19. The number of aliphatic hydroxyl groups excluding tert-OH is 1. The summed E-state index contributed by atoms with van der Waals surface area (Å²) < 4.78 is 0. The number of hydrogen-bond acceptors (Lipinski definition) is 5. The van der Waals surface area contributed by atoms with Crippen LogP contribution in [-0.4, -0.2) is 40.9 Å². The van der Waals surface area contributed by atoms with E-state index < -0.39 is 0 Å². The molecule has 2 fully saturated rings. The van der Waals surface area contributed by atoms with Gasteiger partial charge >= 0.3 is 0 Å². The molecule has 2 aliphatic rings. The largest absolute Gasteiger partial charge is 0.394 e. The Hall–Kier alpha value is -0.200. The van der Waals surface area contributed by atoms with Gasteiger partial charge in [0.2, 0.25) is 0 Å². The molecule has 0 aromatic rings. The highest BCUT2D eigenvalue weighted by Gasteiger charge is 2.50. The third kappa shape index (κ3) is 0.637. The maximum absolute atomic E-state index is 8.92. The lowest BCUT2D eigenvalue weighted by molar-refractivity contribution is -0.505. The van der Waals surface area contributed by atoms with Gasteiger partial charge in [-0.05, 0) is 6.92 Å². The standard InChI is InChI=1S/C5H10N2O3/c1-5(2-8)3-9-6-4-10-7(5)6/h8H,2-4H2,1H3. The highest BCUT2D eigenvalue weighted by Crippen LogP contribution is 2.31. The molecule has 1 N–H and O–H groups in total. The predicted octanol–water partition coefficient (Wildman–Crippen LogP) is -0.896. The lowest BCUT2D eigenvalue weighted by atomic mass is 10.1. The number of hydroxylamine groups is 2. The van der Waals surface area contributed by atoms with Gasteiger partial charge in [-0.3, -0.25) is 9.68 Å². The average Bonchev–Trinajstić information content (AvgIpc) is 2.05. The topological polar surface area (TPSA) is 45.2 Å². The fourth-order valence-corrected chi connectivity index (χ4v) is 1.05. The second kappa shape index (κ2) is 1.90. The van der Waals surface area contributed by atoms with Crippen LogP contribution in [0.2, 0.25) is 0 Å². The van der Waals surface area contributed by atoms with Crippen molar-refractivity contribution in [3.8, 4) is 0 Å². The van der Waals surface area contributed by atoms with Crippen LogP contribution in [0.4, 0.5) is 0 Å². The van der Waals surface area contributed by atoms with Crippen LogP contribution >= 0.6 is 0 Å². The average molecular weight is 146 g/mol. The summed E-state index contributed by atoms with van der Waals surface area (Å²) in [4.78, 5) is 10.2. The molecule has 1 atom stereocenters. The Morgan fingerprint density at radius 3 is 2.70 bits per heavy atom. The highest BCUT2D eigenvalue weighted by molar-refractivity contribution is 4.84. The first-order chi connectivity index (χ1) is 4.76. The Labute approximate surface area is 58.6 Å². The summed E-state index contributed by atoms with van der Waals surface area (Å²) >= 11 is 0. The second-order valence-electron chi connectivity index (χ2n) is 2.81. The predicted molar refractivity (Wildman–Crippen MR) is 31.1 cm³/mol. The molecule has 0 aromatic heterocycles. The van der Waals surface area contributed by atoms with Crippen molar-refractivity contribution < 1.29 is 14.8 Å². The Bertz CT molecular complexity index is 154. The number of hydrogen-bond donors (Lipinski definition) is 1. The van der Waals surface area contributed by atoms with Gasteiger partial charge in [0, 0.05) is 0 Å². The zero-order valence-corrected chi connectivity index (χ0v) is 5.78.